The second-order valence-corrected chi connectivity index (χ2v) is 18.4. The summed E-state index contributed by atoms with van der Waals surface area (Å²) >= 11 is 0. The number of nitrogens with zero attached hydrogens (tertiary/aromatic N) is 5. The zero-order chi connectivity index (χ0) is 49.1. The van der Waals surface area contributed by atoms with Crippen LogP contribution >= 0.6 is 0 Å². The number of benzene rings is 3. The maximum atomic E-state index is 14.8. The minimum atomic E-state index is -4.73. The van der Waals surface area contributed by atoms with Crippen molar-refractivity contribution in [2.24, 2.45) is 0 Å². The van der Waals surface area contributed by atoms with Crippen molar-refractivity contribution >= 4 is 50.5 Å². The van der Waals surface area contributed by atoms with Crippen LogP contribution in [-0.4, -0.2) is 139 Å². The van der Waals surface area contributed by atoms with E-state index in [1.807, 2.05) is 48.3 Å². The summed E-state index contributed by atoms with van der Waals surface area (Å²) in [4.78, 5) is 64.9. The normalized spacial score (nSPS) is 14.3. The summed E-state index contributed by atoms with van der Waals surface area (Å²) in [5.41, 5.74) is 4.26. The smallest absolute Gasteiger partial charge is 0.333 e. The first-order chi connectivity index (χ1) is 32.6. The third-order valence-corrected chi connectivity index (χ3v) is 13.2. The Morgan fingerprint density at radius 1 is 0.897 bits per heavy atom. The van der Waals surface area contributed by atoms with Crippen LogP contribution in [0.2, 0.25) is 0 Å². The van der Waals surface area contributed by atoms with Crippen molar-refractivity contribution in [2.45, 2.75) is 78.3 Å². The number of rotatable bonds is 22. The van der Waals surface area contributed by atoms with Gasteiger partial charge in [0.05, 0.1) is 6.07 Å². The van der Waals surface area contributed by atoms with Gasteiger partial charge in [-0.25, -0.2) is 9.37 Å². The second-order valence-electron chi connectivity index (χ2n) is 16.9. The summed E-state index contributed by atoms with van der Waals surface area (Å²) in [5, 5.41) is 26.3. The molecule has 6 rings (SSSR count). The highest BCUT2D eigenvalue weighted by Gasteiger charge is 2.38. The Morgan fingerprint density at radius 3 is 2.31 bits per heavy atom. The highest BCUT2D eigenvalue weighted by atomic mass is 32.2. The molecule has 2 atom stereocenters. The third kappa shape index (κ3) is 12.4. The lowest BCUT2D eigenvalue weighted by Gasteiger charge is -2.27. The highest BCUT2D eigenvalue weighted by Crippen LogP contribution is 2.42. The maximum absolute atomic E-state index is 14.8. The van der Waals surface area contributed by atoms with E-state index in [1.165, 1.54) is 17.0 Å². The second kappa shape index (κ2) is 23.0. The average Bonchev–Trinajstić information content (AvgIpc) is 3.93. The standard InChI is InChI=1S/C49H63N7O11S/c1-6-53(7-2)33-20-22-37-41(30-33)66-42-31-34(54(8-3)9-4)21-23-38(42)46(37)35-16-12-13-17-36(35)49(62)55-28-15-18-40(55)48(61)51-39(32-68(63,64)65)47(60)50-26-29-52(5)27-14-10-11-19-45(59)67-56-43(57)24-25-44(56)58/h12-13,16-17,20-25,30-31,39-40H,6-11,14-15,18-19,26-29,32H2,1-5H3,(H4,50,51,60,61,62,63,64,65)/p+1. The SMILES string of the molecule is CCN(CC)c1ccc2c(-c3ccccc3C(=O)N3CCCC3C(=O)NC(CS(=O)(=O)O)C(=O)NCCN(C)CCCCCC(=O)On3c(O)ccc3O)c3ccc(=[N+](CC)CC)cc-3oc2c1. The molecular weight excluding hydrogens is 895 g/mol. The van der Waals surface area contributed by atoms with Crippen molar-refractivity contribution in [3.63, 3.8) is 0 Å². The minimum absolute atomic E-state index is 0.0632. The number of amides is 3. The molecule has 2 aliphatic heterocycles. The van der Waals surface area contributed by atoms with Gasteiger partial charge in [-0.3, -0.25) is 18.9 Å². The van der Waals surface area contributed by atoms with Crippen LogP contribution in [0, 0.1) is 0 Å². The molecule has 366 valence electrons. The molecule has 5 N–H and O–H groups in total. The summed E-state index contributed by atoms with van der Waals surface area (Å²) in [6, 6.07) is 19.2. The van der Waals surface area contributed by atoms with Gasteiger partial charge in [0.2, 0.25) is 28.9 Å². The molecular formula is C49H64N7O11S+. The van der Waals surface area contributed by atoms with E-state index in [9.17, 15) is 42.4 Å². The third-order valence-electron chi connectivity index (χ3n) is 12.4. The van der Waals surface area contributed by atoms with Crippen LogP contribution in [0.15, 0.2) is 77.2 Å². The van der Waals surface area contributed by atoms with Gasteiger partial charge < -0.3 is 44.8 Å². The molecule has 0 radical (unpaired) electrons. The number of carbonyl (C=O) groups is 4. The van der Waals surface area contributed by atoms with E-state index < -0.39 is 63.4 Å². The Bertz CT molecular complexity index is 2720. The Labute approximate surface area is 396 Å². The van der Waals surface area contributed by atoms with Crippen LogP contribution in [0.1, 0.15) is 76.6 Å². The van der Waals surface area contributed by atoms with Gasteiger partial charge in [-0.2, -0.15) is 8.42 Å². The summed E-state index contributed by atoms with van der Waals surface area (Å²) in [6.45, 7) is 12.9. The molecule has 3 heterocycles. The molecule has 1 aliphatic carbocycles. The largest absolute Gasteiger partial charge is 0.492 e. The lowest BCUT2D eigenvalue weighted by atomic mass is 9.90. The number of likely N-dealkylation sites (N-methyl/N-ethyl adjacent to an activating group) is 1. The molecule has 2 aromatic carbocycles. The topological polar surface area (TPSA) is 227 Å². The Hall–Kier alpha value is -6.44. The predicted molar refractivity (Wildman–Crippen MR) is 259 cm³/mol. The fourth-order valence-electron chi connectivity index (χ4n) is 8.79. The van der Waals surface area contributed by atoms with E-state index >= 15 is 0 Å². The molecule has 0 bridgehead atoms. The van der Waals surface area contributed by atoms with Crippen molar-refractivity contribution in [3.05, 3.63) is 83.7 Å². The number of fused-ring (bicyclic) bond motifs is 2. The first-order valence-electron chi connectivity index (χ1n) is 23.3. The van der Waals surface area contributed by atoms with E-state index in [-0.39, 0.29) is 25.9 Å². The summed E-state index contributed by atoms with van der Waals surface area (Å²) in [5.74, 6) is -3.79. The summed E-state index contributed by atoms with van der Waals surface area (Å²) in [6.07, 6.45) is 2.67. The molecule has 3 amide bonds. The van der Waals surface area contributed by atoms with Gasteiger partial charge >= 0.3 is 5.97 Å². The Balaban J connectivity index is 1.15. The monoisotopic (exact) mass is 958 g/mol. The number of unbranched alkanes of at least 4 members (excludes halogenated alkanes) is 2. The van der Waals surface area contributed by atoms with Gasteiger partial charge in [0.25, 0.3) is 16.0 Å². The molecule has 18 nitrogen and oxygen atoms in total. The van der Waals surface area contributed by atoms with Gasteiger partial charge in [0.1, 0.15) is 42.3 Å². The van der Waals surface area contributed by atoms with Crippen LogP contribution < -0.4 is 30.3 Å². The van der Waals surface area contributed by atoms with E-state index in [2.05, 4.69) is 59.9 Å². The Morgan fingerprint density at radius 2 is 1.62 bits per heavy atom. The van der Waals surface area contributed by atoms with E-state index in [1.54, 1.807) is 12.1 Å². The zero-order valence-corrected chi connectivity index (χ0v) is 40.3. The van der Waals surface area contributed by atoms with Crippen molar-refractivity contribution in [1.29, 1.82) is 0 Å². The number of nitrogens with one attached hydrogen (secondary N) is 2. The number of hydrogen-bond acceptors (Lipinski definition) is 12. The van der Waals surface area contributed by atoms with Crippen LogP contribution in [0.3, 0.4) is 0 Å². The molecule has 68 heavy (non-hydrogen) atoms. The highest BCUT2D eigenvalue weighted by molar-refractivity contribution is 7.85. The van der Waals surface area contributed by atoms with Gasteiger partial charge in [-0.05, 0) is 96.8 Å². The van der Waals surface area contributed by atoms with E-state index in [0.717, 1.165) is 53.7 Å². The lowest BCUT2D eigenvalue weighted by Crippen LogP contribution is -2.55. The lowest BCUT2D eigenvalue weighted by molar-refractivity contribution is -0.145. The molecule has 3 aromatic rings. The molecule has 0 spiro atoms. The van der Waals surface area contributed by atoms with Crippen LogP contribution in [0.4, 0.5) is 5.69 Å². The summed E-state index contributed by atoms with van der Waals surface area (Å²) in [7, 11) is -2.90. The number of anilines is 1. The maximum Gasteiger partial charge on any atom is 0.333 e. The summed E-state index contributed by atoms with van der Waals surface area (Å²) < 4.78 is 43.6. The number of hydrogen-bond donors (Lipinski definition) is 5. The molecule has 1 aromatic heterocycles. The number of likely N-dealkylation sites (tertiary alicyclic amines) is 1. The fourth-order valence-corrected chi connectivity index (χ4v) is 9.45. The fraction of sp³-hybridized carbons (Fsp3) is 0.449. The number of aromatic hydroxyl groups is 2. The number of aromatic nitrogens is 1. The van der Waals surface area contributed by atoms with Gasteiger partial charge in [0, 0.05) is 91.2 Å². The van der Waals surface area contributed by atoms with Gasteiger partial charge in [-0.1, -0.05) is 24.6 Å². The quantitative estimate of drug-likeness (QED) is 0.0283. The van der Waals surface area contributed by atoms with Gasteiger partial charge in [0.15, 0.2) is 0 Å². The van der Waals surface area contributed by atoms with Crippen LogP contribution in [0.5, 0.6) is 11.8 Å². The van der Waals surface area contributed by atoms with Gasteiger partial charge in [-0.15, -0.1) is 4.73 Å². The zero-order valence-electron chi connectivity index (χ0n) is 39.4. The number of carbonyl (C=O) groups excluding carboxylic acids is 4. The molecule has 3 aliphatic rings. The van der Waals surface area contributed by atoms with Crippen LogP contribution in [0.25, 0.3) is 33.4 Å². The van der Waals surface area contributed by atoms with Crippen LogP contribution in [-0.2, 0) is 24.5 Å². The molecule has 0 saturated carbocycles. The first kappa shape index (κ1) is 51.0. The van der Waals surface area contributed by atoms with E-state index in [4.69, 9.17) is 9.25 Å². The Kier molecular flexibility index (Phi) is 17.3. The van der Waals surface area contributed by atoms with Crippen molar-refractivity contribution < 1.29 is 51.6 Å². The molecule has 19 heteroatoms. The molecule has 1 saturated heterocycles. The molecule has 2 unspecified atom stereocenters. The average molecular weight is 959 g/mol. The van der Waals surface area contributed by atoms with Crippen molar-refractivity contribution in [1.82, 2.24) is 29.7 Å². The first-order valence-corrected chi connectivity index (χ1v) is 24.9. The molecule has 1 fully saturated rings. The van der Waals surface area contributed by atoms with Crippen molar-refractivity contribution in [2.75, 3.05) is 70.1 Å². The van der Waals surface area contributed by atoms with Crippen molar-refractivity contribution in [3.8, 4) is 34.2 Å². The predicted octanol–water partition coefficient (Wildman–Crippen LogP) is 4.32. The minimum Gasteiger partial charge on any atom is -0.492 e. The van der Waals surface area contributed by atoms with E-state index in [0.29, 0.717) is 66.0 Å².